The second-order valence-electron chi connectivity index (χ2n) is 5.53. The van der Waals surface area contributed by atoms with Gasteiger partial charge in [-0.15, -0.1) is 0 Å². The molecule has 0 aromatic carbocycles. The molecule has 0 atom stereocenters. The molecular weight excluding hydrogens is 324 g/mol. The van der Waals surface area contributed by atoms with Crippen molar-refractivity contribution < 1.29 is 9.21 Å². The number of amides is 1. The molecule has 1 fully saturated rings. The molecule has 4 heterocycles. The smallest absolute Gasteiger partial charge is 0.289 e. The molecule has 0 N–H and O–H groups in total. The third-order valence-corrected chi connectivity index (χ3v) is 4.78. The van der Waals surface area contributed by atoms with Gasteiger partial charge in [-0.3, -0.25) is 4.79 Å². The van der Waals surface area contributed by atoms with Crippen LogP contribution in [0, 0.1) is 0 Å². The Hall–Kier alpha value is -2.67. The highest BCUT2D eigenvalue weighted by Crippen LogP contribution is 2.23. The van der Waals surface area contributed by atoms with Crippen LogP contribution < -0.4 is 4.90 Å². The zero-order valence-electron chi connectivity index (χ0n) is 13.0. The molecule has 0 unspecified atom stereocenters. The molecule has 0 bridgehead atoms. The van der Waals surface area contributed by atoms with Crippen molar-refractivity contribution in [3.8, 4) is 11.3 Å². The van der Waals surface area contributed by atoms with Gasteiger partial charge in [0.15, 0.2) is 5.76 Å². The molecule has 1 aliphatic rings. The maximum absolute atomic E-state index is 12.3. The molecule has 0 saturated carbocycles. The van der Waals surface area contributed by atoms with Crippen LogP contribution in [0.4, 0.5) is 5.82 Å². The summed E-state index contributed by atoms with van der Waals surface area (Å²) in [6.45, 7) is 2.79. The van der Waals surface area contributed by atoms with E-state index in [1.807, 2.05) is 16.3 Å². The number of aromatic nitrogens is 2. The summed E-state index contributed by atoms with van der Waals surface area (Å²) in [5, 5.41) is 4.11. The number of thiophene rings is 1. The van der Waals surface area contributed by atoms with E-state index in [0.29, 0.717) is 18.8 Å². The highest BCUT2D eigenvalue weighted by Gasteiger charge is 2.24. The SMILES string of the molecule is O=C(c1ccco1)N1CCN(c2cc(-c3ccsc3)ncn2)CC1. The molecule has 1 saturated heterocycles. The quantitative estimate of drug-likeness (QED) is 0.734. The molecule has 0 spiro atoms. The fourth-order valence-electron chi connectivity index (χ4n) is 2.78. The average Bonchev–Trinajstić information content (AvgIpc) is 3.35. The van der Waals surface area contributed by atoms with Crippen LogP contribution in [0.1, 0.15) is 10.6 Å². The van der Waals surface area contributed by atoms with Gasteiger partial charge >= 0.3 is 0 Å². The number of furan rings is 1. The van der Waals surface area contributed by atoms with E-state index in [1.54, 1.807) is 29.8 Å². The van der Waals surface area contributed by atoms with Gasteiger partial charge in [-0.1, -0.05) is 0 Å². The summed E-state index contributed by atoms with van der Waals surface area (Å²) in [4.78, 5) is 25.0. The summed E-state index contributed by atoms with van der Waals surface area (Å²) >= 11 is 1.65. The van der Waals surface area contributed by atoms with E-state index in [1.165, 1.54) is 6.26 Å². The topological polar surface area (TPSA) is 62.5 Å². The molecule has 7 heteroatoms. The van der Waals surface area contributed by atoms with Gasteiger partial charge in [0.1, 0.15) is 12.1 Å². The minimum Gasteiger partial charge on any atom is -0.459 e. The van der Waals surface area contributed by atoms with Gasteiger partial charge < -0.3 is 14.2 Å². The lowest BCUT2D eigenvalue weighted by atomic mass is 10.2. The number of carbonyl (C=O) groups is 1. The van der Waals surface area contributed by atoms with Crippen LogP contribution in [0.2, 0.25) is 0 Å². The highest BCUT2D eigenvalue weighted by atomic mass is 32.1. The minimum absolute atomic E-state index is 0.0544. The van der Waals surface area contributed by atoms with E-state index >= 15 is 0 Å². The summed E-state index contributed by atoms with van der Waals surface area (Å²) in [5.74, 6) is 1.24. The third-order valence-electron chi connectivity index (χ3n) is 4.09. The normalized spacial score (nSPS) is 14.8. The fraction of sp³-hybridized carbons (Fsp3) is 0.235. The first-order valence-corrected chi connectivity index (χ1v) is 8.68. The number of carbonyl (C=O) groups excluding carboxylic acids is 1. The summed E-state index contributed by atoms with van der Waals surface area (Å²) in [7, 11) is 0. The predicted molar refractivity (Wildman–Crippen MR) is 92.2 cm³/mol. The Morgan fingerprint density at radius 2 is 2.04 bits per heavy atom. The molecule has 24 heavy (non-hydrogen) atoms. The van der Waals surface area contributed by atoms with Crippen molar-refractivity contribution in [2.45, 2.75) is 0 Å². The second kappa shape index (κ2) is 6.45. The van der Waals surface area contributed by atoms with E-state index in [2.05, 4.69) is 26.3 Å². The largest absolute Gasteiger partial charge is 0.459 e. The maximum Gasteiger partial charge on any atom is 0.289 e. The number of anilines is 1. The standard InChI is InChI=1S/C17H16N4O2S/c22-17(15-2-1-8-23-15)21-6-4-20(5-7-21)16-10-14(18-12-19-16)13-3-9-24-11-13/h1-3,8-12H,4-7H2. The van der Waals surface area contributed by atoms with Crippen LogP contribution in [-0.4, -0.2) is 47.0 Å². The number of hydrogen-bond acceptors (Lipinski definition) is 6. The number of rotatable bonds is 3. The van der Waals surface area contributed by atoms with Gasteiger partial charge in [0.25, 0.3) is 5.91 Å². The van der Waals surface area contributed by atoms with Crippen LogP contribution in [0.3, 0.4) is 0 Å². The van der Waals surface area contributed by atoms with Crippen molar-refractivity contribution in [3.63, 3.8) is 0 Å². The average molecular weight is 340 g/mol. The van der Waals surface area contributed by atoms with Crippen molar-refractivity contribution in [1.29, 1.82) is 0 Å². The first-order chi connectivity index (χ1) is 11.8. The lowest BCUT2D eigenvalue weighted by Crippen LogP contribution is -2.49. The van der Waals surface area contributed by atoms with Gasteiger partial charge in [0, 0.05) is 43.2 Å². The lowest BCUT2D eigenvalue weighted by molar-refractivity contribution is 0.0714. The molecule has 122 valence electrons. The maximum atomic E-state index is 12.3. The molecule has 1 amide bonds. The molecule has 3 aromatic rings. The van der Waals surface area contributed by atoms with Gasteiger partial charge in [-0.25, -0.2) is 9.97 Å². The number of piperazine rings is 1. The lowest BCUT2D eigenvalue weighted by Gasteiger charge is -2.35. The van der Waals surface area contributed by atoms with E-state index in [9.17, 15) is 4.79 Å². The fourth-order valence-corrected chi connectivity index (χ4v) is 3.43. The van der Waals surface area contributed by atoms with Gasteiger partial charge in [0.05, 0.1) is 12.0 Å². The predicted octanol–water partition coefficient (Wildman–Crippen LogP) is 2.76. The van der Waals surface area contributed by atoms with E-state index < -0.39 is 0 Å². The zero-order chi connectivity index (χ0) is 16.4. The van der Waals surface area contributed by atoms with Crippen molar-refractivity contribution in [3.05, 3.63) is 53.4 Å². The van der Waals surface area contributed by atoms with Crippen molar-refractivity contribution in [1.82, 2.24) is 14.9 Å². The Bertz CT molecular complexity index is 809. The highest BCUT2D eigenvalue weighted by molar-refractivity contribution is 7.08. The van der Waals surface area contributed by atoms with Gasteiger partial charge in [-0.2, -0.15) is 11.3 Å². The van der Waals surface area contributed by atoms with Crippen LogP contribution in [0.25, 0.3) is 11.3 Å². The number of hydrogen-bond donors (Lipinski definition) is 0. The zero-order valence-corrected chi connectivity index (χ0v) is 13.8. The first-order valence-electron chi connectivity index (χ1n) is 7.73. The Morgan fingerprint density at radius 3 is 2.75 bits per heavy atom. The summed E-state index contributed by atoms with van der Waals surface area (Å²) < 4.78 is 5.19. The number of nitrogens with zero attached hydrogens (tertiary/aromatic N) is 4. The molecule has 0 aliphatic carbocycles. The molecule has 6 nitrogen and oxygen atoms in total. The Labute approximate surface area is 143 Å². The molecule has 4 rings (SSSR count). The van der Waals surface area contributed by atoms with E-state index in [0.717, 1.165) is 30.2 Å². The van der Waals surface area contributed by atoms with Gasteiger partial charge in [-0.05, 0) is 23.6 Å². The molecule has 3 aromatic heterocycles. The van der Waals surface area contributed by atoms with E-state index in [-0.39, 0.29) is 5.91 Å². The van der Waals surface area contributed by atoms with Crippen molar-refractivity contribution >= 4 is 23.1 Å². The monoisotopic (exact) mass is 340 g/mol. The first kappa shape index (κ1) is 14.9. The van der Waals surface area contributed by atoms with Crippen molar-refractivity contribution in [2.24, 2.45) is 0 Å². The Kier molecular flexibility index (Phi) is 4.00. The van der Waals surface area contributed by atoms with Gasteiger partial charge in [0.2, 0.25) is 0 Å². The van der Waals surface area contributed by atoms with Crippen molar-refractivity contribution in [2.75, 3.05) is 31.1 Å². The second-order valence-corrected chi connectivity index (χ2v) is 6.31. The Morgan fingerprint density at radius 1 is 1.17 bits per heavy atom. The Balaban J connectivity index is 1.44. The van der Waals surface area contributed by atoms with E-state index in [4.69, 9.17) is 4.42 Å². The van der Waals surface area contributed by atoms with Crippen LogP contribution in [-0.2, 0) is 0 Å². The molecule has 1 aliphatic heterocycles. The summed E-state index contributed by atoms with van der Waals surface area (Å²) in [5.41, 5.74) is 2.03. The third kappa shape index (κ3) is 2.90. The van der Waals surface area contributed by atoms with Crippen LogP contribution in [0.15, 0.2) is 52.0 Å². The van der Waals surface area contributed by atoms with Crippen LogP contribution in [0.5, 0.6) is 0 Å². The molecule has 0 radical (unpaired) electrons. The summed E-state index contributed by atoms with van der Waals surface area (Å²) in [6.07, 6.45) is 3.12. The summed E-state index contributed by atoms with van der Waals surface area (Å²) in [6, 6.07) is 7.49. The van der Waals surface area contributed by atoms with Crippen LogP contribution >= 0.6 is 11.3 Å². The molecular formula is C17H16N4O2S. The minimum atomic E-state index is -0.0544.